The van der Waals surface area contributed by atoms with Gasteiger partial charge < -0.3 is 14.9 Å². The molecule has 10 atom stereocenters. The quantitative estimate of drug-likeness (QED) is 0.470. The van der Waals surface area contributed by atoms with Gasteiger partial charge in [0.15, 0.2) is 0 Å². The minimum atomic E-state index is -0.317. The summed E-state index contributed by atoms with van der Waals surface area (Å²) in [5, 5.41) is 21.5. The van der Waals surface area contributed by atoms with Crippen LogP contribution < -0.4 is 0 Å². The van der Waals surface area contributed by atoms with Crippen molar-refractivity contribution in [2.75, 3.05) is 0 Å². The van der Waals surface area contributed by atoms with Crippen molar-refractivity contribution >= 4 is 0 Å². The minimum absolute atomic E-state index is 0.110. The highest BCUT2D eigenvalue weighted by molar-refractivity contribution is 5.27. The first-order valence-corrected chi connectivity index (χ1v) is 12.8. The Balaban J connectivity index is 1.34. The van der Waals surface area contributed by atoms with E-state index in [9.17, 15) is 10.2 Å². The Morgan fingerprint density at radius 3 is 2.47 bits per heavy atom. The minimum Gasteiger partial charge on any atom is -0.393 e. The molecule has 0 radical (unpaired) electrons. The number of fused-ring (bicyclic) bond motifs is 5. The fourth-order valence-corrected chi connectivity index (χ4v) is 8.96. The SMILES string of the molecule is CC(CCC1OC1(C)C)[C@H]1CC[C@H]2C3[C@@H](O)C=C4C[C@@H](O)CC[C@]4(C)[C@H]3CC[C@]12C. The Labute approximate surface area is 183 Å². The molecule has 5 aliphatic rings. The van der Waals surface area contributed by atoms with E-state index in [1.54, 1.807) is 0 Å². The molecule has 0 aromatic rings. The zero-order valence-corrected chi connectivity index (χ0v) is 19.9. The summed E-state index contributed by atoms with van der Waals surface area (Å²) < 4.78 is 5.85. The highest BCUT2D eigenvalue weighted by atomic mass is 16.6. The van der Waals surface area contributed by atoms with Crippen molar-refractivity contribution in [1.82, 2.24) is 0 Å². The number of ether oxygens (including phenoxy) is 1. The van der Waals surface area contributed by atoms with E-state index in [1.165, 1.54) is 44.1 Å². The van der Waals surface area contributed by atoms with Crippen LogP contribution in [0.3, 0.4) is 0 Å². The molecule has 3 heteroatoms. The van der Waals surface area contributed by atoms with Gasteiger partial charge in [0.1, 0.15) is 0 Å². The van der Waals surface area contributed by atoms with E-state index in [0.29, 0.717) is 29.3 Å². The predicted octanol–water partition coefficient (Wildman–Crippen LogP) is 5.49. The molecule has 1 saturated heterocycles. The first-order chi connectivity index (χ1) is 14.1. The lowest BCUT2D eigenvalue weighted by atomic mass is 9.46. The van der Waals surface area contributed by atoms with E-state index in [0.717, 1.165) is 31.1 Å². The van der Waals surface area contributed by atoms with Crippen molar-refractivity contribution in [1.29, 1.82) is 0 Å². The topological polar surface area (TPSA) is 53.0 Å². The van der Waals surface area contributed by atoms with Crippen LogP contribution in [0.25, 0.3) is 0 Å². The predicted molar refractivity (Wildman–Crippen MR) is 120 cm³/mol. The van der Waals surface area contributed by atoms with Crippen molar-refractivity contribution in [3.63, 3.8) is 0 Å². The Kier molecular flexibility index (Phi) is 5.05. The summed E-state index contributed by atoms with van der Waals surface area (Å²) >= 11 is 0. The standard InChI is InChI=1S/C27H44O3/c1-16(6-9-23-25(2,3)30-23)19-7-8-20-24-21(11-13-27(19,20)5)26(4)12-10-18(28)14-17(26)15-22(24)29/h15-16,18-24,28-29H,6-14H2,1-5H3/t16?,18-,19+,20-,21-,22-,23?,24?,26-,27+/m0/s1. The second kappa shape index (κ2) is 7.06. The molecule has 30 heavy (non-hydrogen) atoms. The van der Waals surface area contributed by atoms with Gasteiger partial charge >= 0.3 is 0 Å². The van der Waals surface area contributed by atoms with Crippen LogP contribution >= 0.6 is 0 Å². The lowest BCUT2D eigenvalue weighted by Gasteiger charge is -2.59. The van der Waals surface area contributed by atoms with Crippen molar-refractivity contribution < 1.29 is 14.9 Å². The van der Waals surface area contributed by atoms with Crippen molar-refractivity contribution in [3.05, 3.63) is 11.6 Å². The molecule has 5 rings (SSSR count). The normalized spacial score (nSPS) is 52.6. The van der Waals surface area contributed by atoms with Gasteiger partial charge in [-0.2, -0.15) is 0 Å². The number of hydrogen-bond acceptors (Lipinski definition) is 3. The highest BCUT2D eigenvalue weighted by Gasteiger charge is 2.61. The maximum absolute atomic E-state index is 11.3. The number of hydrogen-bond donors (Lipinski definition) is 2. The first-order valence-electron chi connectivity index (χ1n) is 12.8. The lowest BCUT2D eigenvalue weighted by molar-refractivity contribution is -0.0971. The Bertz CT molecular complexity index is 713. The largest absolute Gasteiger partial charge is 0.393 e. The third-order valence-electron chi connectivity index (χ3n) is 10.9. The lowest BCUT2D eigenvalue weighted by Crippen LogP contribution is -2.54. The molecule has 2 N–H and O–H groups in total. The molecule has 0 amide bonds. The molecule has 0 bridgehead atoms. The number of rotatable bonds is 4. The average molecular weight is 417 g/mol. The van der Waals surface area contributed by atoms with Crippen molar-refractivity contribution in [3.8, 4) is 0 Å². The molecule has 4 aliphatic carbocycles. The smallest absolute Gasteiger partial charge is 0.0892 e. The molecule has 0 spiro atoms. The Morgan fingerprint density at radius 1 is 1.03 bits per heavy atom. The van der Waals surface area contributed by atoms with Gasteiger partial charge in [-0.1, -0.05) is 32.4 Å². The molecule has 3 nitrogen and oxygen atoms in total. The summed E-state index contributed by atoms with van der Waals surface area (Å²) in [5.41, 5.74) is 2.04. The summed E-state index contributed by atoms with van der Waals surface area (Å²) in [6, 6.07) is 0. The zero-order valence-electron chi connectivity index (χ0n) is 19.9. The Hall–Kier alpha value is -0.380. The number of epoxide rings is 1. The number of aliphatic hydroxyl groups is 2. The number of aliphatic hydroxyl groups excluding tert-OH is 2. The van der Waals surface area contributed by atoms with Crippen LogP contribution in [0.15, 0.2) is 11.6 Å². The van der Waals surface area contributed by atoms with Crippen LogP contribution in [0.4, 0.5) is 0 Å². The average Bonchev–Trinajstić information content (AvgIpc) is 3.13. The first kappa shape index (κ1) is 21.5. The molecular weight excluding hydrogens is 372 g/mol. The van der Waals surface area contributed by atoms with Crippen LogP contribution in [0.2, 0.25) is 0 Å². The van der Waals surface area contributed by atoms with Gasteiger partial charge in [-0.15, -0.1) is 0 Å². The highest BCUT2D eigenvalue weighted by Crippen LogP contribution is 2.67. The van der Waals surface area contributed by atoms with Crippen LogP contribution in [0, 0.1) is 40.4 Å². The molecule has 0 aromatic heterocycles. The van der Waals surface area contributed by atoms with E-state index < -0.39 is 0 Å². The van der Waals surface area contributed by atoms with Gasteiger partial charge in [0, 0.05) is 0 Å². The second-order valence-electron chi connectivity index (χ2n) is 12.8. The zero-order chi connectivity index (χ0) is 21.5. The monoisotopic (exact) mass is 416 g/mol. The Morgan fingerprint density at radius 2 is 1.77 bits per heavy atom. The maximum Gasteiger partial charge on any atom is 0.0892 e. The van der Waals surface area contributed by atoms with Gasteiger partial charge in [-0.3, -0.25) is 0 Å². The molecular formula is C27H44O3. The molecule has 3 unspecified atom stereocenters. The van der Waals surface area contributed by atoms with E-state index in [1.807, 2.05) is 0 Å². The van der Waals surface area contributed by atoms with Crippen LogP contribution in [-0.4, -0.2) is 34.1 Å². The van der Waals surface area contributed by atoms with Crippen molar-refractivity contribution in [2.24, 2.45) is 40.4 Å². The van der Waals surface area contributed by atoms with Crippen LogP contribution in [0.1, 0.15) is 92.4 Å². The van der Waals surface area contributed by atoms with Crippen LogP contribution in [0.5, 0.6) is 0 Å². The van der Waals surface area contributed by atoms with Crippen LogP contribution in [-0.2, 0) is 4.74 Å². The fourth-order valence-electron chi connectivity index (χ4n) is 8.96. The fraction of sp³-hybridized carbons (Fsp3) is 0.926. The van der Waals surface area contributed by atoms with Gasteiger partial charge in [0.2, 0.25) is 0 Å². The second-order valence-corrected chi connectivity index (χ2v) is 12.8. The molecule has 3 saturated carbocycles. The van der Waals surface area contributed by atoms with E-state index >= 15 is 0 Å². The third-order valence-corrected chi connectivity index (χ3v) is 10.9. The van der Waals surface area contributed by atoms with Gasteiger partial charge in [0.25, 0.3) is 0 Å². The molecule has 1 aliphatic heterocycles. The third kappa shape index (κ3) is 3.17. The van der Waals surface area contributed by atoms with Gasteiger partial charge in [-0.05, 0) is 112 Å². The summed E-state index contributed by atoms with van der Waals surface area (Å²) in [7, 11) is 0. The molecule has 1 heterocycles. The molecule has 4 fully saturated rings. The molecule has 170 valence electrons. The summed E-state index contributed by atoms with van der Waals surface area (Å²) in [6.45, 7) is 11.9. The summed E-state index contributed by atoms with van der Waals surface area (Å²) in [5.74, 6) is 3.17. The summed E-state index contributed by atoms with van der Waals surface area (Å²) in [6.07, 6.45) is 12.6. The maximum atomic E-state index is 11.3. The van der Waals surface area contributed by atoms with E-state index in [2.05, 4.69) is 40.7 Å². The molecule has 0 aromatic carbocycles. The van der Waals surface area contributed by atoms with Gasteiger partial charge in [-0.25, -0.2) is 0 Å². The summed E-state index contributed by atoms with van der Waals surface area (Å²) in [4.78, 5) is 0. The van der Waals surface area contributed by atoms with E-state index in [-0.39, 0.29) is 23.2 Å². The van der Waals surface area contributed by atoms with Gasteiger partial charge in [0.05, 0.1) is 23.9 Å². The van der Waals surface area contributed by atoms with Crippen molar-refractivity contribution in [2.45, 2.75) is 116 Å². The van der Waals surface area contributed by atoms with E-state index in [4.69, 9.17) is 4.74 Å².